The van der Waals surface area contributed by atoms with Crippen molar-refractivity contribution in [1.82, 2.24) is 10.2 Å². The summed E-state index contributed by atoms with van der Waals surface area (Å²) in [6.07, 6.45) is 8.63. The van der Waals surface area contributed by atoms with Crippen LogP contribution in [0.1, 0.15) is 54.4 Å². The van der Waals surface area contributed by atoms with Gasteiger partial charge >= 0.3 is 0 Å². The highest BCUT2D eigenvalue weighted by Gasteiger charge is 2.11. The van der Waals surface area contributed by atoms with Crippen LogP contribution >= 0.6 is 0 Å². The number of allylic oxidation sites excluding steroid dienone is 1. The summed E-state index contributed by atoms with van der Waals surface area (Å²) in [4.78, 5) is 2.24. The van der Waals surface area contributed by atoms with Crippen molar-refractivity contribution in [3.05, 3.63) is 36.2 Å². The third-order valence-electron chi connectivity index (χ3n) is 3.81. The van der Waals surface area contributed by atoms with Crippen molar-refractivity contribution in [2.75, 3.05) is 7.05 Å². The molecule has 0 aromatic heterocycles. The molecule has 2 heteroatoms. The van der Waals surface area contributed by atoms with Crippen molar-refractivity contribution >= 4 is 0 Å². The smallest absolute Gasteiger partial charge is 0.0522 e. The molecule has 0 saturated heterocycles. The zero-order valence-corrected chi connectivity index (χ0v) is 14.5. The van der Waals surface area contributed by atoms with Crippen LogP contribution < -0.4 is 5.32 Å². The quantitative estimate of drug-likeness (QED) is 0.614. The first-order valence-electron chi connectivity index (χ1n) is 7.82. The summed E-state index contributed by atoms with van der Waals surface area (Å²) in [7, 11) is 2.12. The molecule has 0 amide bonds. The van der Waals surface area contributed by atoms with Crippen LogP contribution in [0.15, 0.2) is 36.2 Å². The van der Waals surface area contributed by atoms with Crippen LogP contribution in [0.25, 0.3) is 0 Å². The minimum atomic E-state index is 0.340. The van der Waals surface area contributed by atoms with Gasteiger partial charge in [-0.25, -0.2) is 0 Å². The Hall–Kier alpha value is -1.18. The summed E-state index contributed by atoms with van der Waals surface area (Å²) in [5.74, 6) is 0.583. The molecule has 0 aromatic rings. The molecule has 0 aliphatic heterocycles. The highest BCUT2D eigenvalue weighted by atomic mass is 15.1. The summed E-state index contributed by atoms with van der Waals surface area (Å²) in [6, 6.07) is 0.840. The van der Waals surface area contributed by atoms with E-state index in [2.05, 4.69) is 77.8 Å². The van der Waals surface area contributed by atoms with Gasteiger partial charge in [0.15, 0.2) is 0 Å². The fourth-order valence-corrected chi connectivity index (χ4v) is 1.70. The number of nitrogens with zero attached hydrogens (tertiary/aromatic N) is 1. The van der Waals surface area contributed by atoms with Gasteiger partial charge in [0, 0.05) is 19.3 Å². The molecule has 0 aliphatic rings. The molecule has 0 heterocycles. The molecule has 0 saturated carbocycles. The van der Waals surface area contributed by atoms with Crippen LogP contribution in [-0.2, 0) is 0 Å². The van der Waals surface area contributed by atoms with E-state index in [4.69, 9.17) is 0 Å². The first kappa shape index (κ1) is 18.8. The minimum Gasteiger partial charge on any atom is -0.384 e. The standard InChI is InChI=1S/C18H34N2/c1-9-11-18(19-12-16(7)14(3)4)17(10-2)13-20(8)15(5)6/h10,12-15,18-19H,2,9,11H2,1,3-8H3/b16-12+,17-13+. The second kappa shape index (κ2) is 9.68. The van der Waals surface area contributed by atoms with E-state index in [-0.39, 0.29) is 0 Å². The Balaban J connectivity index is 5.03. The Morgan fingerprint density at radius 3 is 2.25 bits per heavy atom. The van der Waals surface area contributed by atoms with Gasteiger partial charge in [-0.3, -0.25) is 0 Å². The zero-order chi connectivity index (χ0) is 15.7. The predicted molar refractivity (Wildman–Crippen MR) is 91.6 cm³/mol. The first-order valence-corrected chi connectivity index (χ1v) is 7.82. The van der Waals surface area contributed by atoms with Crippen LogP contribution in [0.3, 0.4) is 0 Å². The van der Waals surface area contributed by atoms with Gasteiger partial charge in [0.05, 0.1) is 6.04 Å². The lowest BCUT2D eigenvalue weighted by atomic mass is 10.0. The van der Waals surface area contributed by atoms with E-state index in [1.165, 1.54) is 11.1 Å². The van der Waals surface area contributed by atoms with Crippen molar-refractivity contribution in [2.45, 2.75) is 66.5 Å². The van der Waals surface area contributed by atoms with E-state index < -0.39 is 0 Å². The number of hydrogen-bond donors (Lipinski definition) is 1. The summed E-state index contributed by atoms with van der Waals surface area (Å²) < 4.78 is 0. The molecule has 0 aliphatic carbocycles. The minimum absolute atomic E-state index is 0.340. The van der Waals surface area contributed by atoms with Crippen molar-refractivity contribution in [2.24, 2.45) is 5.92 Å². The summed E-state index contributed by atoms with van der Waals surface area (Å²) in [6.45, 7) is 17.2. The van der Waals surface area contributed by atoms with Gasteiger partial charge in [0.1, 0.15) is 0 Å². The molecule has 2 nitrogen and oxygen atoms in total. The van der Waals surface area contributed by atoms with E-state index in [1.807, 2.05) is 6.08 Å². The lowest BCUT2D eigenvalue weighted by Gasteiger charge is -2.25. The van der Waals surface area contributed by atoms with Crippen molar-refractivity contribution < 1.29 is 0 Å². The molecular weight excluding hydrogens is 244 g/mol. The SMILES string of the molecule is C=C/C(=C\N(C)C(C)C)C(CCC)N/C=C(\C)C(C)C. The van der Waals surface area contributed by atoms with Gasteiger partial charge in [0.2, 0.25) is 0 Å². The Morgan fingerprint density at radius 2 is 1.85 bits per heavy atom. The normalized spacial score (nSPS) is 14.7. The average molecular weight is 278 g/mol. The lowest BCUT2D eigenvalue weighted by Crippen LogP contribution is -2.29. The summed E-state index contributed by atoms with van der Waals surface area (Å²) in [5, 5.41) is 3.57. The zero-order valence-electron chi connectivity index (χ0n) is 14.5. The van der Waals surface area contributed by atoms with Gasteiger partial charge in [-0.05, 0) is 44.9 Å². The Labute approximate surface area is 126 Å². The molecule has 1 N–H and O–H groups in total. The number of rotatable bonds is 9. The number of hydrogen-bond acceptors (Lipinski definition) is 2. The average Bonchev–Trinajstić information content (AvgIpc) is 2.39. The lowest BCUT2D eigenvalue weighted by molar-refractivity contribution is 0.370. The van der Waals surface area contributed by atoms with E-state index in [9.17, 15) is 0 Å². The van der Waals surface area contributed by atoms with Gasteiger partial charge < -0.3 is 10.2 Å². The van der Waals surface area contributed by atoms with E-state index in [1.54, 1.807) is 0 Å². The maximum Gasteiger partial charge on any atom is 0.0522 e. The highest BCUT2D eigenvalue weighted by molar-refractivity contribution is 5.23. The summed E-state index contributed by atoms with van der Waals surface area (Å²) >= 11 is 0. The molecule has 1 atom stereocenters. The molecule has 0 rings (SSSR count). The third-order valence-corrected chi connectivity index (χ3v) is 3.81. The molecule has 0 bridgehead atoms. The third kappa shape index (κ3) is 6.83. The monoisotopic (exact) mass is 278 g/mol. The van der Waals surface area contributed by atoms with Crippen LogP contribution in [-0.4, -0.2) is 24.0 Å². The number of nitrogens with one attached hydrogen (secondary N) is 1. The molecular formula is C18H34N2. The van der Waals surface area contributed by atoms with Crippen molar-refractivity contribution in [3.8, 4) is 0 Å². The van der Waals surface area contributed by atoms with E-state index in [0.29, 0.717) is 18.0 Å². The van der Waals surface area contributed by atoms with Crippen LogP contribution in [0, 0.1) is 5.92 Å². The van der Waals surface area contributed by atoms with E-state index in [0.717, 1.165) is 12.8 Å². The molecule has 1 unspecified atom stereocenters. The van der Waals surface area contributed by atoms with Crippen molar-refractivity contribution in [1.29, 1.82) is 0 Å². The molecule has 116 valence electrons. The molecule has 20 heavy (non-hydrogen) atoms. The topological polar surface area (TPSA) is 15.3 Å². The van der Waals surface area contributed by atoms with Gasteiger partial charge in [-0.2, -0.15) is 0 Å². The largest absolute Gasteiger partial charge is 0.384 e. The Morgan fingerprint density at radius 1 is 1.25 bits per heavy atom. The molecule has 0 spiro atoms. The molecule has 0 radical (unpaired) electrons. The van der Waals surface area contributed by atoms with Crippen LogP contribution in [0.5, 0.6) is 0 Å². The second-order valence-corrected chi connectivity index (χ2v) is 6.14. The predicted octanol–water partition coefficient (Wildman–Crippen LogP) is 4.71. The summed E-state index contributed by atoms with van der Waals surface area (Å²) in [5.41, 5.74) is 2.64. The molecule has 0 aromatic carbocycles. The Bertz CT molecular complexity index is 337. The fourth-order valence-electron chi connectivity index (χ4n) is 1.70. The van der Waals surface area contributed by atoms with Gasteiger partial charge in [0.25, 0.3) is 0 Å². The van der Waals surface area contributed by atoms with Crippen molar-refractivity contribution in [3.63, 3.8) is 0 Å². The first-order chi connectivity index (χ1) is 9.33. The maximum absolute atomic E-state index is 3.98. The second-order valence-electron chi connectivity index (χ2n) is 6.14. The highest BCUT2D eigenvalue weighted by Crippen LogP contribution is 2.14. The van der Waals surface area contributed by atoms with Gasteiger partial charge in [-0.15, -0.1) is 0 Å². The van der Waals surface area contributed by atoms with Crippen LogP contribution in [0.2, 0.25) is 0 Å². The van der Waals surface area contributed by atoms with Gasteiger partial charge in [-0.1, -0.05) is 45.4 Å². The Kier molecular flexibility index (Phi) is 9.11. The molecule has 0 fully saturated rings. The fraction of sp³-hybridized carbons (Fsp3) is 0.667. The van der Waals surface area contributed by atoms with E-state index >= 15 is 0 Å². The van der Waals surface area contributed by atoms with Crippen LogP contribution in [0.4, 0.5) is 0 Å². The maximum atomic E-state index is 3.98.